The number of benzene rings is 1. The predicted octanol–water partition coefficient (Wildman–Crippen LogP) is 2.43. The highest BCUT2D eigenvalue weighted by molar-refractivity contribution is 6.22. The van der Waals surface area contributed by atoms with Crippen molar-refractivity contribution >= 4 is 17.6 Å². The quantitative estimate of drug-likeness (QED) is 0.158. The molecule has 0 aliphatic carbocycles. The molecule has 17 heavy (non-hydrogen) atoms. The minimum Gasteiger partial charge on any atom is -0.376 e. The van der Waals surface area contributed by atoms with Gasteiger partial charge in [-0.15, -0.1) is 0 Å². The molecule has 0 spiro atoms. The van der Waals surface area contributed by atoms with Crippen molar-refractivity contribution < 1.29 is 14.5 Å². The summed E-state index contributed by atoms with van der Waals surface area (Å²) in [6, 6.07) is 7.64. The standard InChI is InChI=1S/C11H10ClNO4/c1-2-6-10(14)17-11(12,13(15)16)9-7-4-3-5-8-9/h2-8H,1H3. The molecular weight excluding hydrogens is 246 g/mol. The van der Waals surface area contributed by atoms with Crippen LogP contribution in [0.4, 0.5) is 0 Å². The van der Waals surface area contributed by atoms with E-state index in [1.807, 2.05) is 0 Å². The Morgan fingerprint density at radius 3 is 2.53 bits per heavy atom. The Labute approximate surface area is 103 Å². The molecule has 6 heteroatoms. The van der Waals surface area contributed by atoms with E-state index in [4.69, 9.17) is 11.6 Å². The lowest BCUT2D eigenvalue weighted by Gasteiger charge is -2.17. The molecule has 90 valence electrons. The van der Waals surface area contributed by atoms with Crippen LogP contribution < -0.4 is 0 Å². The number of nitro groups is 1. The SMILES string of the molecule is CC=CC(=O)OC(Cl)(c1ccccc1)[N+](=O)[O-]. The van der Waals surface area contributed by atoms with Gasteiger partial charge < -0.3 is 4.74 Å². The first kappa shape index (κ1) is 13.2. The number of hydrogen-bond acceptors (Lipinski definition) is 4. The number of allylic oxidation sites excluding steroid dienone is 1. The van der Waals surface area contributed by atoms with Crippen LogP contribution >= 0.6 is 11.6 Å². The van der Waals surface area contributed by atoms with Crippen molar-refractivity contribution in [1.29, 1.82) is 0 Å². The zero-order chi connectivity index (χ0) is 12.9. The van der Waals surface area contributed by atoms with Gasteiger partial charge in [-0.2, -0.15) is 0 Å². The van der Waals surface area contributed by atoms with Crippen molar-refractivity contribution in [3.8, 4) is 0 Å². The number of esters is 1. The fourth-order valence-electron chi connectivity index (χ4n) is 1.15. The summed E-state index contributed by atoms with van der Waals surface area (Å²) in [6.45, 7) is 1.59. The van der Waals surface area contributed by atoms with Crippen molar-refractivity contribution in [2.45, 2.75) is 12.1 Å². The third kappa shape index (κ3) is 3.04. The second kappa shape index (κ2) is 5.45. The Hall–Kier alpha value is -1.88. The third-order valence-corrected chi connectivity index (χ3v) is 2.34. The number of carbonyl (C=O) groups is 1. The van der Waals surface area contributed by atoms with Crippen molar-refractivity contribution in [3.05, 3.63) is 58.2 Å². The molecule has 1 aromatic rings. The molecular formula is C11H10ClNO4. The number of alkyl halides is 1. The van der Waals surface area contributed by atoms with E-state index in [2.05, 4.69) is 4.74 Å². The van der Waals surface area contributed by atoms with E-state index in [0.717, 1.165) is 6.08 Å². The second-order valence-electron chi connectivity index (χ2n) is 3.11. The number of hydrogen-bond donors (Lipinski definition) is 0. The summed E-state index contributed by atoms with van der Waals surface area (Å²) in [5.41, 5.74) is 0.0875. The van der Waals surface area contributed by atoms with Gasteiger partial charge in [-0.05, 0) is 19.1 Å². The second-order valence-corrected chi connectivity index (χ2v) is 3.62. The molecule has 0 amide bonds. The van der Waals surface area contributed by atoms with Crippen LogP contribution in [0.25, 0.3) is 0 Å². The molecule has 0 bridgehead atoms. The van der Waals surface area contributed by atoms with Crippen LogP contribution in [0.2, 0.25) is 0 Å². The van der Waals surface area contributed by atoms with Gasteiger partial charge in [0, 0.05) is 17.7 Å². The van der Waals surface area contributed by atoms with Crippen molar-refractivity contribution in [2.24, 2.45) is 0 Å². The smallest absolute Gasteiger partial charge is 0.376 e. The maximum absolute atomic E-state index is 11.2. The van der Waals surface area contributed by atoms with Gasteiger partial charge in [0.1, 0.15) is 0 Å². The lowest BCUT2D eigenvalue weighted by Crippen LogP contribution is -2.34. The number of halogens is 1. The van der Waals surface area contributed by atoms with Crippen LogP contribution in [-0.4, -0.2) is 10.9 Å². The van der Waals surface area contributed by atoms with Gasteiger partial charge in [0.05, 0.1) is 10.5 Å². The molecule has 0 aliphatic heterocycles. The van der Waals surface area contributed by atoms with Crippen LogP contribution in [0, 0.1) is 10.1 Å². The Bertz CT molecular complexity index is 446. The first-order chi connectivity index (χ1) is 8.00. The summed E-state index contributed by atoms with van der Waals surface area (Å²) in [5, 5.41) is 8.54. The van der Waals surface area contributed by atoms with E-state index in [1.165, 1.54) is 18.2 Å². The van der Waals surface area contributed by atoms with Gasteiger partial charge in [-0.25, -0.2) is 4.79 Å². The van der Waals surface area contributed by atoms with Crippen LogP contribution in [0.15, 0.2) is 42.5 Å². The topological polar surface area (TPSA) is 69.4 Å². The maximum Gasteiger partial charge on any atom is 0.473 e. The Morgan fingerprint density at radius 1 is 1.47 bits per heavy atom. The summed E-state index contributed by atoms with van der Waals surface area (Å²) in [7, 11) is 0. The molecule has 0 saturated heterocycles. The van der Waals surface area contributed by atoms with E-state index < -0.39 is 16.1 Å². The predicted molar refractivity (Wildman–Crippen MR) is 61.9 cm³/mol. The van der Waals surface area contributed by atoms with Crippen molar-refractivity contribution in [2.75, 3.05) is 0 Å². The van der Waals surface area contributed by atoms with Gasteiger partial charge in [0.2, 0.25) is 0 Å². The zero-order valence-electron chi connectivity index (χ0n) is 9.00. The van der Waals surface area contributed by atoms with Gasteiger partial charge in [-0.1, -0.05) is 24.3 Å². The normalized spacial score (nSPS) is 14.2. The van der Waals surface area contributed by atoms with E-state index in [1.54, 1.807) is 25.1 Å². The number of rotatable bonds is 4. The minimum atomic E-state index is -2.39. The number of ether oxygens (including phenoxy) is 1. The highest BCUT2D eigenvalue weighted by Crippen LogP contribution is 2.31. The van der Waals surface area contributed by atoms with Crippen LogP contribution in [0.3, 0.4) is 0 Å². The zero-order valence-corrected chi connectivity index (χ0v) is 9.76. The third-order valence-electron chi connectivity index (χ3n) is 1.90. The first-order valence-electron chi connectivity index (χ1n) is 4.75. The summed E-state index contributed by atoms with van der Waals surface area (Å²) in [5.74, 6) is -0.872. The van der Waals surface area contributed by atoms with Gasteiger partial charge in [0.15, 0.2) is 0 Å². The molecule has 0 N–H and O–H groups in total. The molecule has 1 aromatic carbocycles. The fraction of sp³-hybridized carbons (Fsp3) is 0.182. The molecule has 0 fully saturated rings. The van der Waals surface area contributed by atoms with E-state index >= 15 is 0 Å². The van der Waals surface area contributed by atoms with E-state index in [9.17, 15) is 14.9 Å². The lowest BCUT2D eigenvalue weighted by molar-refractivity contribution is -0.599. The largest absolute Gasteiger partial charge is 0.473 e. The van der Waals surface area contributed by atoms with E-state index in [-0.39, 0.29) is 5.56 Å². The molecule has 1 atom stereocenters. The van der Waals surface area contributed by atoms with Crippen LogP contribution in [0.5, 0.6) is 0 Å². The molecule has 0 aliphatic rings. The molecule has 5 nitrogen and oxygen atoms in total. The Kier molecular flexibility index (Phi) is 4.23. The highest BCUT2D eigenvalue weighted by atomic mass is 35.5. The maximum atomic E-state index is 11.2. The number of nitrogens with zero attached hydrogens (tertiary/aromatic N) is 1. The molecule has 0 radical (unpaired) electrons. The highest BCUT2D eigenvalue weighted by Gasteiger charge is 2.47. The van der Waals surface area contributed by atoms with Gasteiger partial charge in [-0.3, -0.25) is 10.1 Å². The Balaban J connectivity index is 3.07. The minimum absolute atomic E-state index is 0.0875. The molecule has 0 aromatic heterocycles. The average Bonchev–Trinajstić information content (AvgIpc) is 2.30. The van der Waals surface area contributed by atoms with Crippen molar-refractivity contribution in [1.82, 2.24) is 0 Å². The molecule has 1 unspecified atom stereocenters. The summed E-state index contributed by atoms with van der Waals surface area (Å²) in [4.78, 5) is 21.3. The summed E-state index contributed by atoms with van der Waals surface area (Å²) in [6.07, 6.45) is 2.47. The average molecular weight is 256 g/mol. The first-order valence-corrected chi connectivity index (χ1v) is 5.13. The van der Waals surface area contributed by atoms with Crippen LogP contribution in [-0.2, 0) is 14.7 Å². The van der Waals surface area contributed by atoms with Gasteiger partial charge in [0.25, 0.3) is 0 Å². The molecule has 0 saturated carbocycles. The monoisotopic (exact) mass is 255 g/mol. The van der Waals surface area contributed by atoms with Gasteiger partial charge >= 0.3 is 11.2 Å². The Morgan fingerprint density at radius 2 is 2.06 bits per heavy atom. The number of carbonyl (C=O) groups excluding carboxylic acids is 1. The molecule has 0 heterocycles. The lowest BCUT2D eigenvalue weighted by atomic mass is 10.2. The fourth-order valence-corrected chi connectivity index (χ4v) is 1.35. The molecule has 1 rings (SSSR count). The summed E-state index contributed by atoms with van der Waals surface area (Å²) < 4.78 is 4.67. The summed E-state index contributed by atoms with van der Waals surface area (Å²) >= 11 is 5.75. The van der Waals surface area contributed by atoms with Crippen LogP contribution in [0.1, 0.15) is 12.5 Å². The van der Waals surface area contributed by atoms with Crippen molar-refractivity contribution in [3.63, 3.8) is 0 Å². The van der Waals surface area contributed by atoms with E-state index in [0.29, 0.717) is 0 Å².